The van der Waals surface area contributed by atoms with Gasteiger partial charge in [0.05, 0.1) is 11.7 Å². The molecular formula is C19H23FN4O. The zero-order valence-electron chi connectivity index (χ0n) is 14.6. The summed E-state index contributed by atoms with van der Waals surface area (Å²) in [5, 5.41) is 3.07. The summed E-state index contributed by atoms with van der Waals surface area (Å²) in [5.41, 5.74) is 2.48. The van der Waals surface area contributed by atoms with Gasteiger partial charge in [-0.2, -0.15) is 0 Å². The van der Waals surface area contributed by atoms with E-state index >= 15 is 0 Å². The van der Waals surface area contributed by atoms with E-state index in [-0.39, 0.29) is 23.8 Å². The van der Waals surface area contributed by atoms with Crippen LogP contribution in [-0.2, 0) is 12.8 Å². The minimum Gasteiger partial charge on any atom is -0.331 e. The van der Waals surface area contributed by atoms with Crippen LogP contribution in [0.1, 0.15) is 36.2 Å². The number of nitrogens with one attached hydrogen (secondary N) is 1. The van der Waals surface area contributed by atoms with Crippen LogP contribution in [0, 0.1) is 11.7 Å². The number of hydrogen-bond acceptors (Lipinski definition) is 3. The van der Waals surface area contributed by atoms with Crippen LogP contribution in [-0.4, -0.2) is 34.5 Å². The van der Waals surface area contributed by atoms with E-state index in [0.717, 1.165) is 29.7 Å². The zero-order valence-corrected chi connectivity index (χ0v) is 14.6. The Bertz CT molecular complexity index is 737. The molecule has 1 N–H and O–H groups in total. The summed E-state index contributed by atoms with van der Waals surface area (Å²) in [6.07, 6.45) is 7.20. The van der Waals surface area contributed by atoms with Crippen LogP contribution in [0.4, 0.5) is 9.18 Å². The number of rotatable bonds is 4. The molecule has 1 aromatic heterocycles. The van der Waals surface area contributed by atoms with Crippen molar-refractivity contribution in [1.82, 2.24) is 20.2 Å². The lowest BCUT2D eigenvalue weighted by atomic mass is 9.80. The topological polar surface area (TPSA) is 58.1 Å². The molecule has 1 aliphatic rings. The first-order chi connectivity index (χ1) is 12.1. The third-order valence-electron chi connectivity index (χ3n) is 4.85. The van der Waals surface area contributed by atoms with E-state index in [1.165, 1.54) is 6.07 Å². The van der Waals surface area contributed by atoms with Crippen molar-refractivity contribution in [3.05, 3.63) is 59.4 Å². The van der Waals surface area contributed by atoms with Gasteiger partial charge in [-0.15, -0.1) is 0 Å². The third-order valence-corrected chi connectivity index (χ3v) is 4.85. The van der Waals surface area contributed by atoms with Crippen LogP contribution < -0.4 is 5.32 Å². The molecule has 0 aliphatic heterocycles. The van der Waals surface area contributed by atoms with Gasteiger partial charge in [0.15, 0.2) is 0 Å². The molecule has 0 spiro atoms. The average molecular weight is 342 g/mol. The molecule has 2 unspecified atom stereocenters. The average Bonchev–Trinajstić information content (AvgIpc) is 2.63. The minimum atomic E-state index is -0.181. The Morgan fingerprint density at radius 1 is 1.40 bits per heavy atom. The maximum absolute atomic E-state index is 14.0. The number of benzene rings is 1. The molecule has 3 rings (SSSR count). The number of halogens is 1. The fourth-order valence-corrected chi connectivity index (χ4v) is 3.28. The Hall–Kier alpha value is -2.50. The van der Waals surface area contributed by atoms with Crippen molar-refractivity contribution in [2.24, 2.45) is 5.92 Å². The van der Waals surface area contributed by atoms with Crippen molar-refractivity contribution in [1.29, 1.82) is 0 Å². The summed E-state index contributed by atoms with van der Waals surface area (Å²) in [4.78, 5) is 22.4. The highest BCUT2D eigenvalue weighted by Gasteiger charge is 2.30. The quantitative estimate of drug-likeness (QED) is 0.929. The highest BCUT2D eigenvalue weighted by atomic mass is 19.1. The Morgan fingerprint density at radius 2 is 2.24 bits per heavy atom. The highest BCUT2D eigenvalue weighted by molar-refractivity contribution is 5.74. The van der Waals surface area contributed by atoms with E-state index in [2.05, 4.69) is 22.2 Å². The molecule has 25 heavy (non-hydrogen) atoms. The number of fused-ring (bicyclic) bond motifs is 1. The third kappa shape index (κ3) is 3.95. The molecule has 132 valence electrons. The van der Waals surface area contributed by atoms with E-state index in [4.69, 9.17) is 0 Å². The molecule has 0 radical (unpaired) electrons. The van der Waals surface area contributed by atoms with E-state index in [9.17, 15) is 9.18 Å². The monoisotopic (exact) mass is 342 g/mol. The second kappa shape index (κ2) is 7.59. The molecular weight excluding hydrogens is 319 g/mol. The molecule has 2 aromatic rings. The Kier molecular flexibility index (Phi) is 5.26. The number of nitrogens with zero attached hydrogens (tertiary/aromatic N) is 3. The van der Waals surface area contributed by atoms with E-state index in [0.29, 0.717) is 13.0 Å². The predicted molar refractivity (Wildman–Crippen MR) is 93.5 cm³/mol. The Morgan fingerprint density at radius 3 is 3.00 bits per heavy atom. The lowest BCUT2D eigenvalue weighted by Crippen LogP contribution is -2.43. The lowest BCUT2D eigenvalue weighted by molar-refractivity contribution is 0.198. The standard InChI is InChI=1S/C19H23FN4O/c1-13-6-7-15-16(4-3-5-17(15)20)18(13)23-19(25)24(2)11-8-14-12-21-9-10-22-14/h3-5,9-10,12-13,18H,6-8,11H2,1-2H3,(H,23,25). The summed E-state index contributed by atoms with van der Waals surface area (Å²) in [6.45, 7) is 2.64. The number of hydrogen-bond donors (Lipinski definition) is 1. The van der Waals surface area contributed by atoms with Gasteiger partial charge in [-0.1, -0.05) is 19.1 Å². The first kappa shape index (κ1) is 17.3. The first-order valence-corrected chi connectivity index (χ1v) is 8.60. The molecule has 2 amide bonds. The number of carbonyl (C=O) groups is 1. The summed E-state index contributed by atoms with van der Waals surface area (Å²) in [5.74, 6) is 0.0892. The highest BCUT2D eigenvalue weighted by Crippen LogP contribution is 2.35. The maximum Gasteiger partial charge on any atom is 0.317 e. The molecule has 5 nitrogen and oxygen atoms in total. The molecule has 0 bridgehead atoms. The smallest absolute Gasteiger partial charge is 0.317 e. The van der Waals surface area contributed by atoms with Crippen molar-refractivity contribution in [2.75, 3.05) is 13.6 Å². The maximum atomic E-state index is 14.0. The van der Waals surface area contributed by atoms with Crippen LogP contribution in [0.5, 0.6) is 0 Å². The molecule has 1 heterocycles. The first-order valence-electron chi connectivity index (χ1n) is 8.60. The minimum absolute atomic E-state index is 0.155. The van der Waals surface area contributed by atoms with Gasteiger partial charge in [-0.3, -0.25) is 9.97 Å². The number of likely N-dealkylation sites (N-methyl/N-ethyl adjacent to an activating group) is 1. The van der Waals surface area contributed by atoms with Crippen molar-refractivity contribution in [3.63, 3.8) is 0 Å². The molecule has 0 saturated carbocycles. The van der Waals surface area contributed by atoms with Gasteiger partial charge in [0.2, 0.25) is 0 Å². The summed E-state index contributed by atoms with van der Waals surface area (Å²) < 4.78 is 14.0. The molecule has 6 heteroatoms. The molecule has 1 aromatic carbocycles. The van der Waals surface area contributed by atoms with Crippen molar-refractivity contribution in [2.45, 2.75) is 32.2 Å². The summed E-state index contributed by atoms with van der Waals surface area (Å²) >= 11 is 0. The summed E-state index contributed by atoms with van der Waals surface area (Å²) in [6, 6.07) is 4.80. The van der Waals surface area contributed by atoms with Gasteiger partial charge in [0.1, 0.15) is 5.82 Å². The van der Waals surface area contributed by atoms with Gasteiger partial charge in [0.25, 0.3) is 0 Å². The largest absolute Gasteiger partial charge is 0.331 e. The fourth-order valence-electron chi connectivity index (χ4n) is 3.28. The van der Waals surface area contributed by atoms with E-state index < -0.39 is 0 Å². The zero-order chi connectivity index (χ0) is 17.8. The molecule has 0 fully saturated rings. The number of amides is 2. The fraction of sp³-hybridized carbons (Fsp3) is 0.421. The lowest BCUT2D eigenvalue weighted by Gasteiger charge is -2.33. The van der Waals surface area contributed by atoms with Crippen molar-refractivity contribution in [3.8, 4) is 0 Å². The summed E-state index contributed by atoms with van der Waals surface area (Å²) in [7, 11) is 1.76. The van der Waals surface area contributed by atoms with Gasteiger partial charge in [-0.25, -0.2) is 9.18 Å². The SMILES string of the molecule is CC1CCc2c(F)cccc2C1NC(=O)N(C)CCc1cnccn1. The normalized spacial score (nSPS) is 19.2. The van der Waals surface area contributed by atoms with Crippen LogP contribution in [0.15, 0.2) is 36.8 Å². The van der Waals surface area contributed by atoms with Crippen molar-refractivity contribution < 1.29 is 9.18 Å². The van der Waals surface area contributed by atoms with E-state index in [1.807, 2.05) is 6.07 Å². The van der Waals surface area contributed by atoms with Crippen molar-refractivity contribution >= 4 is 6.03 Å². The Labute approximate surface area is 147 Å². The van der Waals surface area contributed by atoms with E-state index in [1.54, 1.807) is 36.6 Å². The van der Waals surface area contributed by atoms with Gasteiger partial charge in [-0.05, 0) is 36.0 Å². The van der Waals surface area contributed by atoms with Gasteiger partial charge < -0.3 is 10.2 Å². The van der Waals surface area contributed by atoms with Crippen LogP contribution in [0.3, 0.4) is 0 Å². The van der Waals surface area contributed by atoms with Crippen LogP contribution >= 0.6 is 0 Å². The molecule has 2 atom stereocenters. The second-order valence-corrected chi connectivity index (χ2v) is 6.62. The Balaban J connectivity index is 1.65. The van der Waals surface area contributed by atoms with Gasteiger partial charge >= 0.3 is 6.03 Å². The van der Waals surface area contributed by atoms with Crippen LogP contribution in [0.2, 0.25) is 0 Å². The number of carbonyl (C=O) groups excluding carboxylic acids is 1. The molecule has 1 aliphatic carbocycles. The van der Waals surface area contributed by atoms with Gasteiger partial charge in [0, 0.05) is 38.6 Å². The second-order valence-electron chi connectivity index (χ2n) is 6.62. The van der Waals surface area contributed by atoms with Crippen LogP contribution in [0.25, 0.3) is 0 Å². The number of urea groups is 1. The predicted octanol–water partition coefficient (Wildman–Crippen LogP) is 3.12. The molecule has 0 saturated heterocycles. The number of aromatic nitrogens is 2.